The molecule has 4 N–H and O–H groups in total. The van der Waals surface area contributed by atoms with Crippen LogP contribution in [-0.2, 0) is 14.0 Å². The SMILES string of the molecule is CO[C@@H]1[C@H](OP(N)O)[C@@H](CS)O[C@H]1n1ccc(=O)[nH]c1=O. The van der Waals surface area contributed by atoms with Gasteiger partial charge in [-0.3, -0.25) is 19.8 Å². The fourth-order valence-corrected chi connectivity index (χ4v) is 3.01. The van der Waals surface area contributed by atoms with E-state index in [4.69, 9.17) is 19.5 Å². The molecule has 1 aromatic rings. The third-order valence-corrected chi connectivity index (χ3v) is 3.91. The van der Waals surface area contributed by atoms with Gasteiger partial charge in [-0.05, 0) is 0 Å². The second-order valence-corrected chi connectivity index (χ2v) is 5.52. The Labute approximate surface area is 126 Å². The number of ether oxygens (including phenoxy) is 2. The highest BCUT2D eigenvalue weighted by Crippen LogP contribution is 2.38. The largest absolute Gasteiger partial charge is 0.374 e. The standard InChI is InChI=1S/C10H16N3O6PS/c1-17-8-7(19-20(11)16)5(4-21)18-9(8)13-3-2-6(14)12-10(13)15/h2-3,5,7-9,16,21H,4,11H2,1H3,(H,12,14,15)/t5-,7-,8-,9-,20?/m1/s1. The van der Waals surface area contributed by atoms with E-state index in [2.05, 4.69) is 17.6 Å². The maximum absolute atomic E-state index is 11.9. The molecular weight excluding hydrogens is 321 g/mol. The number of rotatable bonds is 5. The molecule has 0 bridgehead atoms. The molecule has 0 amide bonds. The second-order valence-electron chi connectivity index (χ2n) is 4.34. The minimum Gasteiger partial charge on any atom is -0.374 e. The minimum absolute atomic E-state index is 0.280. The number of nitrogens with zero attached hydrogens (tertiary/aromatic N) is 1. The molecule has 118 valence electrons. The van der Waals surface area contributed by atoms with Crippen molar-refractivity contribution in [1.82, 2.24) is 9.55 Å². The fourth-order valence-electron chi connectivity index (χ4n) is 2.21. The first kappa shape index (κ1) is 16.6. The zero-order valence-electron chi connectivity index (χ0n) is 11.1. The van der Waals surface area contributed by atoms with Crippen LogP contribution in [0.4, 0.5) is 0 Å². The third kappa shape index (κ3) is 3.54. The van der Waals surface area contributed by atoms with Crippen molar-refractivity contribution in [3.63, 3.8) is 0 Å². The Morgan fingerprint density at radius 2 is 2.29 bits per heavy atom. The van der Waals surface area contributed by atoms with Crippen LogP contribution >= 0.6 is 21.2 Å². The van der Waals surface area contributed by atoms with Crippen LogP contribution < -0.4 is 16.8 Å². The van der Waals surface area contributed by atoms with Gasteiger partial charge in [-0.2, -0.15) is 12.6 Å². The number of nitrogens with one attached hydrogen (secondary N) is 1. The Bertz CT molecular complexity index is 593. The summed E-state index contributed by atoms with van der Waals surface area (Å²) in [6, 6.07) is 1.20. The highest BCUT2D eigenvalue weighted by atomic mass is 32.1. The van der Waals surface area contributed by atoms with Crippen LogP contribution in [0.25, 0.3) is 0 Å². The zero-order chi connectivity index (χ0) is 15.6. The van der Waals surface area contributed by atoms with Crippen LogP contribution in [0, 0.1) is 0 Å². The molecule has 0 saturated carbocycles. The average Bonchev–Trinajstić information content (AvgIpc) is 2.75. The summed E-state index contributed by atoms with van der Waals surface area (Å²) in [6.07, 6.45) is -1.41. The molecule has 1 unspecified atom stereocenters. The van der Waals surface area contributed by atoms with E-state index in [1.54, 1.807) is 0 Å². The summed E-state index contributed by atoms with van der Waals surface area (Å²) in [5, 5.41) is 0. The van der Waals surface area contributed by atoms with E-state index in [0.717, 1.165) is 0 Å². The number of hydrogen-bond acceptors (Lipinski definition) is 8. The monoisotopic (exact) mass is 337 g/mol. The smallest absolute Gasteiger partial charge is 0.330 e. The Morgan fingerprint density at radius 3 is 2.81 bits per heavy atom. The van der Waals surface area contributed by atoms with E-state index in [1.165, 1.54) is 23.9 Å². The summed E-state index contributed by atoms with van der Waals surface area (Å²) in [7, 11) is -0.694. The summed E-state index contributed by atoms with van der Waals surface area (Å²) < 4.78 is 17.4. The normalized spacial score (nSPS) is 30.5. The lowest BCUT2D eigenvalue weighted by Crippen LogP contribution is -2.39. The van der Waals surface area contributed by atoms with Crippen LogP contribution in [0.15, 0.2) is 21.9 Å². The molecule has 21 heavy (non-hydrogen) atoms. The summed E-state index contributed by atoms with van der Waals surface area (Å²) in [5.41, 5.74) is 4.14. The summed E-state index contributed by atoms with van der Waals surface area (Å²) in [4.78, 5) is 34.4. The first-order valence-electron chi connectivity index (χ1n) is 5.99. The molecule has 0 aromatic carbocycles. The molecule has 1 aromatic heterocycles. The van der Waals surface area contributed by atoms with Crippen molar-refractivity contribution in [3.8, 4) is 0 Å². The van der Waals surface area contributed by atoms with E-state index in [9.17, 15) is 14.5 Å². The van der Waals surface area contributed by atoms with Crippen molar-refractivity contribution in [2.24, 2.45) is 5.50 Å². The van der Waals surface area contributed by atoms with Gasteiger partial charge in [0.2, 0.25) is 0 Å². The number of nitrogens with two attached hydrogens (primary N) is 1. The maximum atomic E-state index is 11.9. The van der Waals surface area contributed by atoms with Crippen LogP contribution in [0.1, 0.15) is 6.23 Å². The Balaban J connectivity index is 2.35. The maximum Gasteiger partial charge on any atom is 0.330 e. The first-order chi connectivity index (χ1) is 9.97. The molecular formula is C10H16N3O6PS. The number of hydrogen-bond donors (Lipinski definition) is 4. The van der Waals surface area contributed by atoms with Gasteiger partial charge in [-0.1, -0.05) is 0 Å². The minimum atomic E-state index is -2.12. The van der Waals surface area contributed by atoms with E-state index in [-0.39, 0.29) is 5.75 Å². The molecule has 0 aliphatic carbocycles. The lowest BCUT2D eigenvalue weighted by Gasteiger charge is -2.23. The molecule has 0 radical (unpaired) electrons. The number of methoxy groups -OCH3 is 1. The van der Waals surface area contributed by atoms with Crippen molar-refractivity contribution in [3.05, 3.63) is 33.1 Å². The summed E-state index contributed by atoms with van der Waals surface area (Å²) in [5.74, 6) is 0.280. The molecule has 1 aliphatic heterocycles. The Morgan fingerprint density at radius 1 is 1.57 bits per heavy atom. The van der Waals surface area contributed by atoms with Gasteiger partial charge >= 0.3 is 5.69 Å². The molecule has 1 saturated heterocycles. The van der Waals surface area contributed by atoms with E-state index in [1.807, 2.05) is 0 Å². The number of thiol groups is 1. The number of aromatic amines is 1. The van der Waals surface area contributed by atoms with Gasteiger partial charge in [0, 0.05) is 25.1 Å². The summed E-state index contributed by atoms with van der Waals surface area (Å²) in [6.45, 7) is 0. The lowest BCUT2D eigenvalue weighted by molar-refractivity contribution is -0.0500. The van der Waals surface area contributed by atoms with Crippen molar-refractivity contribution < 1.29 is 18.9 Å². The fraction of sp³-hybridized carbons (Fsp3) is 0.600. The van der Waals surface area contributed by atoms with Crippen molar-refractivity contribution >= 4 is 21.2 Å². The molecule has 1 aliphatic rings. The van der Waals surface area contributed by atoms with Crippen molar-refractivity contribution in [1.29, 1.82) is 0 Å². The molecule has 9 nitrogen and oxygen atoms in total. The molecule has 2 rings (SSSR count). The van der Waals surface area contributed by atoms with Crippen LogP contribution in [0.2, 0.25) is 0 Å². The average molecular weight is 337 g/mol. The molecule has 1 fully saturated rings. The topological polar surface area (TPSA) is 129 Å². The van der Waals surface area contributed by atoms with Gasteiger partial charge in [0.1, 0.15) is 12.2 Å². The van der Waals surface area contributed by atoms with Gasteiger partial charge in [-0.15, -0.1) is 0 Å². The Hall–Kier alpha value is -0.740. The van der Waals surface area contributed by atoms with E-state index in [0.29, 0.717) is 0 Å². The molecule has 0 spiro atoms. The molecule has 5 atom stereocenters. The van der Waals surface area contributed by atoms with Gasteiger partial charge in [-0.25, -0.2) is 4.79 Å². The predicted octanol–water partition coefficient (Wildman–Crippen LogP) is -1.06. The first-order valence-corrected chi connectivity index (χ1v) is 7.90. The summed E-state index contributed by atoms with van der Waals surface area (Å²) >= 11 is 4.15. The third-order valence-electron chi connectivity index (χ3n) is 3.09. The zero-order valence-corrected chi connectivity index (χ0v) is 12.9. The van der Waals surface area contributed by atoms with Crippen LogP contribution in [0.3, 0.4) is 0 Å². The van der Waals surface area contributed by atoms with Gasteiger partial charge in [0.25, 0.3) is 14.1 Å². The van der Waals surface area contributed by atoms with E-state index < -0.39 is 44.3 Å². The van der Waals surface area contributed by atoms with Crippen LogP contribution in [-0.4, -0.2) is 45.6 Å². The predicted molar refractivity (Wildman–Crippen MR) is 78.1 cm³/mol. The van der Waals surface area contributed by atoms with Crippen LogP contribution in [0.5, 0.6) is 0 Å². The molecule has 2 heterocycles. The second kappa shape index (κ2) is 7.01. The molecule has 11 heteroatoms. The van der Waals surface area contributed by atoms with Crippen molar-refractivity contribution in [2.45, 2.75) is 24.5 Å². The number of H-pyrrole nitrogens is 1. The van der Waals surface area contributed by atoms with Gasteiger partial charge in [0.05, 0.1) is 6.10 Å². The highest BCUT2D eigenvalue weighted by Gasteiger charge is 2.47. The lowest BCUT2D eigenvalue weighted by atomic mass is 10.1. The van der Waals surface area contributed by atoms with Gasteiger partial charge in [0.15, 0.2) is 6.23 Å². The number of aromatic nitrogens is 2. The van der Waals surface area contributed by atoms with Crippen molar-refractivity contribution in [2.75, 3.05) is 12.9 Å². The highest BCUT2D eigenvalue weighted by molar-refractivity contribution is 7.80. The Kier molecular flexibility index (Phi) is 5.55. The van der Waals surface area contributed by atoms with Gasteiger partial charge < -0.3 is 18.9 Å². The van der Waals surface area contributed by atoms with E-state index >= 15 is 0 Å². The quantitative estimate of drug-likeness (QED) is 0.398.